The molecule has 5 nitrogen and oxygen atoms in total. The lowest BCUT2D eigenvalue weighted by atomic mass is 10.1. The number of nitrogens with one attached hydrogen (secondary N) is 3. The molecule has 5 heteroatoms. The first kappa shape index (κ1) is 19.7. The van der Waals surface area contributed by atoms with Crippen LogP contribution in [0.25, 0.3) is 10.9 Å². The van der Waals surface area contributed by atoms with Crippen molar-refractivity contribution in [1.82, 2.24) is 9.88 Å². The quantitative estimate of drug-likeness (QED) is 0.406. The normalized spacial score (nSPS) is 10.9. The summed E-state index contributed by atoms with van der Waals surface area (Å²) in [5.74, 6) is 0. The Labute approximate surface area is 176 Å². The lowest BCUT2D eigenvalue weighted by Gasteiger charge is -2.10. The van der Waals surface area contributed by atoms with Crippen LogP contribution in [0.15, 0.2) is 79.0 Å². The molecule has 0 fully saturated rings. The van der Waals surface area contributed by atoms with E-state index >= 15 is 0 Å². The lowest BCUT2D eigenvalue weighted by molar-refractivity contribution is 0.262. The van der Waals surface area contributed by atoms with Crippen LogP contribution in [0.3, 0.4) is 0 Å². The second-order valence-corrected chi connectivity index (χ2v) is 7.57. The number of benzene rings is 3. The molecule has 0 atom stereocenters. The molecule has 0 saturated heterocycles. The summed E-state index contributed by atoms with van der Waals surface area (Å²) in [5, 5.41) is 10.4. The number of urea groups is 1. The number of fused-ring (bicyclic) bond motifs is 1. The Morgan fingerprint density at radius 3 is 2.37 bits per heavy atom. The van der Waals surface area contributed by atoms with Gasteiger partial charge in [0.1, 0.15) is 0 Å². The summed E-state index contributed by atoms with van der Waals surface area (Å²) in [4.78, 5) is 12.4. The van der Waals surface area contributed by atoms with E-state index < -0.39 is 0 Å². The summed E-state index contributed by atoms with van der Waals surface area (Å²) in [6.45, 7) is 3.63. The minimum atomic E-state index is -0.255. The molecule has 3 N–H and O–H groups in total. The van der Waals surface area contributed by atoms with E-state index in [-0.39, 0.29) is 6.03 Å². The number of rotatable bonds is 6. The zero-order valence-corrected chi connectivity index (χ0v) is 17.3. The zero-order valence-electron chi connectivity index (χ0n) is 17.3. The minimum absolute atomic E-state index is 0.255. The van der Waals surface area contributed by atoms with Gasteiger partial charge in [-0.15, -0.1) is 0 Å². The number of hydrogen-bond donors (Lipinski definition) is 3. The standard InChI is InChI=1S/C25H26N4O/c1-18-6-8-19(9-7-18)16-26-17-20-4-3-5-22(14-20)27-25(30)28-23-10-11-24-21(15-23)12-13-29(24)2/h3-15,26H,16-17H2,1-2H3,(H2,27,28,30). The average Bonchev–Trinajstić information content (AvgIpc) is 3.10. The summed E-state index contributed by atoms with van der Waals surface area (Å²) < 4.78 is 2.05. The molecule has 2 amide bonds. The highest BCUT2D eigenvalue weighted by Crippen LogP contribution is 2.20. The van der Waals surface area contributed by atoms with Crippen LogP contribution in [0.4, 0.5) is 16.2 Å². The maximum absolute atomic E-state index is 12.4. The first-order chi connectivity index (χ1) is 14.6. The second-order valence-electron chi connectivity index (χ2n) is 7.57. The van der Waals surface area contributed by atoms with Gasteiger partial charge in [-0.3, -0.25) is 0 Å². The highest BCUT2D eigenvalue weighted by atomic mass is 16.2. The molecule has 0 saturated carbocycles. The predicted molar refractivity (Wildman–Crippen MR) is 124 cm³/mol. The molecule has 0 aliphatic heterocycles. The van der Waals surface area contributed by atoms with E-state index in [0.29, 0.717) is 0 Å². The van der Waals surface area contributed by atoms with Gasteiger partial charge in [0.05, 0.1) is 0 Å². The van der Waals surface area contributed by atoms with E-state index in [9.17, 15) is 4.79 Å². The molecule has 30 heavy (non-hydrogen) atoms. The monoisotopic (exact) mass is 398 g/mol. The molecule has 1 aromatic heterocycles. The topological polar surface area (TPSA) is 58.1 Å². The van der Waals surface area contributed by atoms with Gasteiger partial charge in [0, 0.05) is 48.6 Å². The fraction of sp³-hybridized carbons (Fsp3) is 0.160. The summed E-state index contributed by atoms with van der Waals surface area (Å²) in [6.07, 6.45) is 2.01. The van der Waals surface area contributed by atoms with Gasteiger partial charge in [-0.25, -0.2) is 4.79 Å². The van der Waals surface area contributed by atoms with Crippen LogP contribution in [0.2, 0.25) is 0 Å². The SMILES string of the molecule is Cc1ccc(CNCc2cccc(NC(=O)Nc3ccc4c(ccn4C)c3)c2)cc1. The molecule has 0 bridgehead atoms. The number of carbonyl (C=O) groups excluding carboxylic acids is 1. The number of anilines is 2. The van der Waals surface area contributed by atoms with Crippen molar-refractivity contribution in [2.45, 2.75) is 20.0 Å². The third kappa shape index (κ3) is 4.88. The molecule has 0 radical (unpaired) electrons. The third-order valence-corrected chi connectivity index (χ3v) is 5.11. The van der Waals surface area contributed by atoms with Gasteiger partial charge in [-0.2, -0.15) is 0 Å². The summed E-state index contributed by atoms with van der Waals surface area (Å²) in [5.41, 5.74) is 6.30. The largest absolute Gasteiger partial charge is 0.351 e. The lowest BCUT2D eigenvalue weighted by Crippen LogP contribution is -2.19. The molecule has 0 spiro atoms. The van der Waals surface area contributed by atoms with E-state index in [4.69, 9.17) is 0 Å². The van der Waals surface area contributed by atoms with Crippen molar-refractivity contribution in [1.29, 1.82) is 0 Å². The fourth-order valence-corrected chi connectivity index (χ4v) is 3.47. The van der Waals surface area contributed by atoms with Crippen LogP contribution in [0, 0.1) is 6.92 Å². The Bertz CT molecular complexity index is 1160. The molecule has 4 rings (SSSR count). The molecule has 0 aliphatic carbocycles. The van der Waals surface area contributed by atoms with E-state index in [1.54, 1.807) is 0 Å². The van der Waals surface area contributed by atoms with Crippen LogP contribution in [0.1, 0.15) is 16.7 Å². The molecular formula is C25H26N4O. The van der Waals surface area contributed by atoms with Crippen LogP contribution in [-0.2, 0) is 20.1 Å². The van der Waals surface area contributed by atoms with Crippen LogP contribution >= 0.6 is 0 Å². The van der Waals surface area contributed by atoms with E-state index in [0.717, 1.165) is 40.9 Å². The van der Waals surface area contributed by atoms with E-state index in [1.165, 1.54) is 11.1 Å². The molecular weight excluding hydrogens is 372 g/mol. The zero-order chi connectivity index (χ0) is 20.9. The predicted octanol–water partition coefficient (Wildman–Crippen LogP) is 5.42. The number of amides is 2. The Hall–Kier alpha value is -3.57. The maximum atomic E-state index is 12.4. The van der Waals surface area contributed by atoms with Crippen LogP contribution in [0.5, 0.6) is 0 Å². The number of carbonyl (C=O) groups is 1. The summed E-state index contributed by atoms with van der Waals surface area (Å²) in [6, 6.07) is 24.1. The van der Waals surface area contributed by atoms with Gasteiger partial charge >= 0.3 is 6.03 Å². The first-order valence-corrected chi connectivity index (χ1v) is 10.1. The van der Waals surface area contributed by atoms with Crippen molar-refractivity contribution in [2.24, 2.45) is 7.05 Å². The van der Waals surface area contributed by atoms with Gasteiger partial charge in [0.2, 0.25) is 0 Å². The molecule has 1 heterocycles. The first-order valence-electron chi connectivity index (χ1n) is 10.1. The third-order valence-electron chi connectivity index (χ3n) is 5.11. The van der Waals surface area contributed by atoms with Crippen molar-refractivity contribution in [3.8, 4) is 0 Å². The maximum Gasteiger partial charge on any atom is 0.323 e. The Balaban J connectivity index is 1.32. The highest BCUT2D eigenvalue weighted by Gasteiger charge is 2.05. The van der Waals surface area contributed by atoms with Crippen LogP contribution in [-0.4, -0.2) is 10.6 Å². The average molecular weight is 399 g/mol. The fourth-order valence-electron chi connectivity index (χ4n) is 3.47. The van der Waals surface area contributed by atoms with Crippen molar-refractivity contribution in [3.05, 3.63) is 95.7 Å². The smallest absolute Gasteiger partial charge is 0.323 e. The second kappa shape index (κ2) is 8.84. The van der Waals surface area contributed by atoms with Crippen molar-refractivity contribution < 1.29 is 4.79 Å². The molecule has 4 aromatic rings. The molecule has 3 aromatic carbocycles. The molecule has 0 unspecified atom stereocenters. The van der Waals surface area contributed by atoms with Crippen molar-refractivity contribution in [3.63, 3.8) is 0 Å². The number of nitrogens with zero attached hydrogens (tertiary/aromatic N) is 1. The van der Waals surface area contributed by atoms with Crippen molar-refractivity contribution >= 4 is 28.3 Å². The molecule has 0 aliphatic rings. The van der Waals surface area contributed by atoms with E-state index in [1.807, 2.05) is 55.7 Å². The Morgan fingerprint density at radius 2 is 1.57 bits per heavy atom. The number of hydrogen-bond acceptors (Lipinski definition) is 2. The Kier molecular flexibility index (Phi) is 5.82. The van der Waals surface area contributed by atoms with Crippen LogP contribution < -0.4 is 16.0 Å². The van der Waals surface area contributed by atoms with Gasteiger partial charge in [0.25, 0.3) is 0 Å². The number of aromatic nitrogens is 1. The highest BCUT2D eigenvalue weighted by molar-refractivity contribution is 6.01. The van der Waals surface area contributed by atoms with Crippen molar-refractivity contribution in [2.75, 3.05) is 10.6 Å². The number of aryl methyl sites for hydroxylation is 2. The molecule has 152 valence electrons. The van der Waals surface area contributed by atoms with Gasteiger partial charge in [-0.1, -0.05) is 42.0 Å². The van der Waals surface area contributed by atoms with Gasteiger partial charge in [0.15, 0.2) is 0 Å². The van der Waals surface area contributed by atoms with Gasteiger partial charge < -0.3 is 20.5 Å². The Morgan fingerprint density at radius 1 is 0.833 bits per heavy atom. The van der Waals surface area contributed by atoms with Gasteiger partial charge in [-0.05, 0) is 54.4 Å². The summed E-state index contributed by atoms with van der Waals surface area (Å²) >= 11 is 0. The van der Waals surface area contributed by atoms with E-state index in [2.05, 4.69) is 57.8 Å². The minimum Gasteiger partial charge on any atom is -0.351 e. The summed E-state index contributed by atoms with van der Waals surface area (Å²) in [7, 11) is 2.00.